The summed E-state index contributed by atoms with van der Waals surface area (Å²) in [6.07, 6.45) is -2.19. The summed E-state index contributed by atoms with van der Waals surface area (Å²) in [5.74, 6) is -0.451. The molecule has 0 unspecified atom stereocenters. The van der Waals surface area contributed by atoms with E-state index < -0.39 is 28.8 Å². The standard InChI is InChI=1S/C14H17NO7/c1-9(20-12(16)14(2,3)4)21-13(17)22-11-7-5-10(6-8-11)15(18)19/h5-9H,1-4H3/t9-/m0/s1. The molecule has 1 atom stereocenters. The van der Waals surface area contributed by atoms with Crippen LogP contribution in [0.15, 0.2) is 24.3 Å². The second-order valence-corrected chi connectivity index (χ2v) is 5.44. The topological polar surface area (TPSA) is 105 Å². The van der Waals surface area contributed by atoms with Gasteiger partial charge in [0, 0.05) is 19.1 Å². The fourth-order valence-electron chi connectivity index (χ4n) is 1.24. The zero-order valence-electron chi connectivity index (χ0n) is 12.7. The van der Waals surface area contributed by atoms with Gasteiger partial charge >= 0.3 is 12.1 Å². The average molecular weight is 311 g/mol. The number of carbonyl (C=O) groups excluding carboxylic acids is 2. The van der Waals surface area contributed by atoms with Crippen LogP contribution in [0.2, 0.25) is 0 Å². The Morgan fingerprint density at radius 2 is 1.68 bits per heavy atom. The fraction of sp³-hybridized carbons (Fsp3) is 0.429. The molecular formula is C14H17NO7. The van der Waals surface area contributed by atoms with Crippen molar-refractivity contribution in [2.24, 2.45) is 5.41 Å². The van der Waals surface area contributed by atoms with Crippen LogP contribution in [0.5, 0.6) is 5.75 Å². The number of hydrogen-bond donors (Lipinski definition) is 0. The predicted octanol–water partition coefficient (Wildman–Crippen LogP) is 3.05. The van der Waals surface area contributed by atoms with E-state index in [1.165, 1.54) is 31.2 Å². The first-order valence-electron chi connectivity index (χ1n) is 6.43. The predicted molar refractivity (Wildman–Crippen MR) is 75.2 cm³/mol. The average Bonchev–Trinajstić information content (AvgIpc) is 2.37. The first-order valence-corrected chi connectivity index (χ1v) is 6.43. The van der Waals surface area contributed by atoms with Crippen molar-refractivity contribution in [1.29, 1.82) is 0 Å². The van der Waals surface area contributed by atoms with Gasteiger partial charge in [0.25, 0.3) is 5.69 Å². The van der Waals surface area contributed by atoms with Crippen LogP contribution in [0.4, 0.5) is 10.5 Å². The normalized spacial score (nSPS) is 12.2. The van der Waals surface area contributed by atoms with Gasteiger partial charge in [0.1, 0.15) is 5.75 Å². The first-order chi connectivity index (χ1) is 10.1. The van der Waals surface area contributed by atoms with E-state index in [1.807, 2.05) is 0 Å². The lowest BCUT2D eigenvalue weighted by Crippen LogP contribution is -2.30. The molecule has 0 radical (unpaired) electrons. The highest BCUT2D eigenvalue weighted by molar-refractivity contribution is 5.75. The summed E-state index contributed by atoms with van der Waals surface area (Å²) in [5.41, 5.74) is -0.854. The summed E-state index contributed by atoms with van der Waals surface area (Å²) < 4.78 is 14.5. The molecule has 0 fully saturated rings. The van der Waals surface area contributed by atoms with Crippen molar-refractivity contribution >= 4 is 17.8 Å². The van der Waals surface area contributed by atoms with Crippen LogP contribution in [-0.4, -0.2) is 23.3 Å². The van der Waals surface area contributed by atoms with Crippen LogP contribution < -0.4 is 4.74 Å². The van der Waals surface area contributed by atoms with Crippen LogP contribution in [0.3, 0.4) is 0 Å². The number of hydrogen-bond acceptors (Lipinski definition) is 7. The minimum Gasteiger partial charge on any atom is -0.425 e. The molecule has 0 aliphatic carbocycles. The monoisotopic (exact) mass is 311 g/mol. The summed E-state index contributed by atoms with van der Waals surface area (Å²) in [7, 11) is 0. The van der Waals surface area contributed by atoms with Gasteiger partial charge < -0.3 is 14.2 Å². The van der Waals surface area contributed by atoms with Gasteiger partial charge in [0.05, 0.1) is 10.3 Å². The number of rotatable bonds is 4. The number of non-ortho nitro benzene ring substituents is 1. The number of ether oxygens (including phenoxy) is 3. The zero-order valence-corrected chi connectivity index (χ0v) is 12.7. The maximum absolute atomic E-state index is 11.6. The third-order valence-electron chi connectivity index (χ3n) is 2.40. The minimum atomic E-state index is -1.11. The molecule has 8 heteroatoms. The van der Waals surface area contributed by atoms with E-state index in [0.717, 1.165) is 0 Å². The van der Waals surface area contributed by atoms with Crippen molar-refractivity contribution in [2.45, 2.75) is 34.0 Å². The van der Waals surface area contributed by atoms with Crippen LogP contribution in [0.25, 0.3) is 0 Å². The molecule has 1 aromatic carbocycles. The maximum atomic E-state index is 11.6. The molecule has 0 saturated heterocycles. The number of nitro groups is 1. The Kier molecular flexibility index (Phi) is 5.44. The SMILES string of the molecule is C[C@H](OC(=O)Oc1ccc([N+](=O)[O-])cc1)OC(=O)C(C)(C)C. The zero-order chi connectivity index (χ0) is 16.9. The van der Waals surface area contributed by atoms with Gasteiger partial charge in [0.15, 0.2) is 0 Å². The van der Waals surface area contributed by atoms with Crippen LogP contribution in [-0.2, 0) is 14.3 Å². The van der Waals surface area contributed by atoms with E-state index in [9.17, 15) is 19.7 Å². The van der Waals surface area contributed by atoms with Gasteiger partial charge in [-0.15, -0.1) is 0 Å². The number of benzene rings is 1. The summed E-state index contributed by atoms with van der Waals surface area (Å²) in [4.78, 5) is 33.0. The molecule has 0 N–H and O–H groups in total. The summed E-state index contributed by atoms with van der Waals surface area (Å²) in [6, 6.07) is 4.88. The Morgan fingerprint density at radius 1 is 1.14 bits per heavy atom. The van der Waals surface area contributed by atoms with Crippen molar-refractivity contribution in [2.75, 3.05) is 0 Å². The molecule has 0 heterocycles. The Hall–Kier alpha value is -2.64. The van der Waals surface area contributed by atoms with Crippen LogP contribution in [0.1, 0.15) is 27.7 Å². The maximum Gasteiger partial charge on any atom is 0.516 e. The fourth-order valence-corrected chi connectivity index (χ4v) is 1.24. The van der Waals surface area contributed by atoms with E-state index >= 15 is 0 Å². The molecule has 8 nitrogen and oxygen atoms in total. The van der Waals surface area contributed by atoms with E-state index in [1.54, 1.807) is 20.8 Å². The van der Waals surface area contributed by atoms with E-state index in [-0.39, 0.29) is 11.4 Å². The van der Waals surface area contributed by atoms with Gasteiger partial charge in [-0.3, -0.25) is 14.9 Å². The highest BCUT2D eigenvalue weighted by Crippen LogP contribution is 2.19. The second-order valence-electron chi connectivity index (χ2n) is 5.44. The largest absolute Gasteiger partial charge is 0.516 e. The Labute approximate surface area is 127 Å². The quantitative estimate of drug-likeness (QED) is 0.276. The van der Waals surface area contributed by atoms with Gasteiger partial charge in [-0.2, -0.15) is 0 Å². The lowest BCUT2D eigenvalue weighted by Gasteiger charge is -2.20. The Balaban J connectivity index is 2.52. The molecule has 1 aromatic rings. The van der Waals surface area contributed by atoms with E-state index in [4.69, 9.17) is 14.2 Å². The molecule has 22 heavy (non-hydrogen) atoms. The number of esters is 1. The van der Waals surface area contributed by atoms with Crippen molar-refractivity contribution in [1.82, 2.24) is 0 Å². The van der Waals surface area contributed by atoms with Gasteiger partial charge in [-0.25, -0.2) is 4.79 Å². The van der Waals surface area contributed by atoms with Gasteiger partial charge in [-0.05, 0) is 32.9 Å². The number of nitro benzene ring substituents is 1. The molecule has 0 spiro atoms. The Morgan fingerprint density at radius 3 is 2.14 bits per heavy atom. The highest BCUT2D eigenvalue weighted by Gasteiger charge is 2.26. The molecule has 0 aliphatic rings. The highest BCUT2D eigenvalue weighted by atomic mass is 16.8. The molecule has 0 aliphatic heterocycles. The molecule has 0 saturated carbocycles. The van der Waals surface area contributed by atoms with E-state index in [2.05, 4.69) is 0 Å². The molecule has 0 aromatic heterocycles. The molecular weight excluding hydrogens is 294 g/mol. The van der Waals surface area contributed by atoms with Crippen molar-refractivity contribution in [3.05, 3.63) is 34.4 Å². The third kappa shape index (κ3) is 5.39. The first kappa shape index (κ1) is 17.4. The lowest BCUT2D eigenvalue weighted by molar-refractivity contribution is -0.384. The van der Waals surface area contributed by atoms with Gasteiger partial charge in [0.2, 0.25) is 6.29 Å². The summed E-state index contributed by atoms with van der Waals surface area (Å²) >= 11 is 0. The number of nitrogens with zero attached hydrogens (tertiary/aromatic N) is 1. The van der Waals surface area contributed by atoms with Crippen LogP contribution >= 0.6 is 0 Å². The summed E-state index contributed by atoms with van der Waals surface area (Å²) in [6.45, 7) is 6.37. The summed E-state index contributed by atoms with van der Waals surface area (Å²) in [5, 5.41) is 10.5. The van der Waals surface area contributed by atoms with Crippen LogP contribution in [0, 0.1) is 15.5 Å². The van der Waals surface area contributed by atoms with E-state index in [0.29, 0.717) is 0 Å². The molecule has 0 bridgehead atoms. The minimum absolute atomic E-state index is 0.0740. The lowest BCUT2D eigenvalue weighted by atomic mass is 9.97. The van der Waals surface area contributed by atoms with Crippen molar-refractivity contribution < 1.29 is 28.7 Å². The van der Waals surface area contributed by atoms with Crippen molar-refractivity contribution in [3.8, 4) is 5.75 Å². The van der Waals surface area contributed by atoms with Crippen molar-refractivity contribution in [3.63, 3.8) is 0 Å². The van der Waals surface area contributed by atoms with Gasteiger partial charge in [-0.1, -0.05) is 0 Å². The number of carbonyl (C=O) groups is 2. The second kappa shape index (κ2) is 6.88. The molecule has 120 valence electrons. The smallest absolute Gasteiger partial charge is 0.425 e. The molecule has 0 amide bonds. The molecule has 1 rings (SSSR count). The third-order valence-corrected chi connectivity index (χ3v) is 2.40. The Bertz CT molecular complexity index is 560.